The first-order chi connectivity index (χ1) is 8.51. The lowest BCUT2D eigenvalue weighted by Gasteiger charge is -2.35. The molecule has 0 aliphatic carbocycles. The van der Waals surface area contributed by atoms with Gasteiger partial charge in [0.2, 0.25) is 12.2 Å². The molecule has 0 aromatic heterocycles. The zero-order valence-electron chi connectivity index (χ0n) is 9.79. The minimum absolute atomic E-state index is 0.343. The van der Waals surface area contributed by atoms with Crippen molar-refractivity contribution in [1.82, 2.24) is 4.90 Å². The fourth-order valence-electron chi connectivity index (χ4n) is 2.11. The Bertz CT molecular complexity index is 400. The van der Waals surface area contributed by atoms with Gasteiger partial charge < -0.3 is 14.2 Å². The topological polar surface area (TPSA) is 82.1 Å². The summed E-state index contributed by atoms with van der Waals surface area (Å²) in [6.07, 6.45) is -3.59. The molecule has 7 nitrogen and oxygen atoms in total. The van der Waals surface area contributed by atoms with Gasteiger partial charge in [-0.15, -0.1) is 11.6 Å². The Labute approximate surface area is 108 Å². The molecule has 0 radical (unpaired) electrons. The lowest BCUT2D eigenvalue weighted by atomic mass is 9.98. The van der Waals surface area contributed by atoms with Crippen molar-refractivity contribution >= 4 is 29.4 Å². The molecule has 2 rings (SSSR count). The zero-order chi connectivity index (χ0) is 13.4. The molecule has 100 valence electrons. The summed E-state index contributed by atoms with van der Waals surface area (Å²) in [5.41, 5.74) is 0. The van der Waals surface area contributed by atoms with Crippen LogP contribution in [0.25, 0.3) is 0 Å². The van der Waals surface area contributed by atoms with Gasteiger partial charge >= 0.3 is 6.09 Å². The predicted molar refractivity (Wildman–Crippen MR) is 58.0 cm³/mol. The van der Waals surface area contributed by atoms with E-state index in [2.05, 4.69) is 0 Å². The minimum atomic E-state index is -0.998. The van der Waals surface area contributed by atoms with E-state index < -0.39 is 42.4 Å². The number of carbonyl (C=O) groups excluding carboxylic acids is 3. The number of hydrogen-bond donors (Lipinski definition) is 0. The first-order valence-corrected chi connectivity index (χ1v) is 5.85. The number of hydrogen-bond acceptors (Lipinski definition) is 6. The SMILES string of the molecule is COC1C(=O)C(C)OC2OC(=O)N(C(=O)CCl)C21. The highest BCUT2D eigenvalue weighted by Crippen LogP contribution is 2.31. The molecular weight excluding hydrogens is 266 g/mol. The van der Waals surface area contributed by atoms with Gasteiger partial charge in [-0.25, -0.2) is 9.69 Å². The fourth-order valence-corrected chi connectivity index (χ4v) is 2.24. The highest BCUT2D eigenvalue weighted by molar-refractivity contribution is 6.28. The largest absolute Gasteiger partial charge is 0.419 e. The first-order valence-electron chi connectivity index (χ1n) is 5.32. The third-order valence-electron chi connectivity index (χ3n) is 2.96. The van der Waals surface area contributed by atoms with Crippen molar-refractivity contribution in [2.75, 3.05) is 13.0 Å². The van der Waals surface area contributed by atoms with Gasteiger partial charge in [-0.2, -0.15) is 0 Å². The number of ether oxygens (including phenoxy) is 3. The van der Waals surface area contributed by atoms with Gasteiger partial charge in [0.25, 0.3) is 0 Å². The summed E-state index contributed by atoms with van der Waals surface area (Å²) in [6, 6.07) is -0.919. The summed E-state index contributed by atoms with van der Waals surface area (Å²) in [5, 5.41) is 0. The third-order valence-corrected chi connectivity index (χ3v) is 3.19. The molecule has 8 heteroatoms. The Hall–Kier alpha value is -1.18. The Kier molecular flexibility index (Phi) is 3.56. The van der Waals surface area contributed by atoms with E-state index >= 15 is 0 Å². The van der Waals surface area contributed by atoms with Crippen LogP contribution in [-0.2, 0) is 23.8 Å². The maximum Gasteiger partial charge on any atom is 0.419 e. The molecule has 2 fully saturated rings. The summed E-state index contributed by atoms with van der Waals surface area (Å²) in [4.78, 5) is 35.9. The maximum atomic E-state index is 11.9. The summed E-state index contributed by atoms with van der Waals surface area (Å²) in [6.45, 7) is 1.53. The highest BCUT2D eigenvalue weighted by atomic mass is 35.5. The number of imide groups is 1. The number of halogens is 1. The van der Waals surface area contributed by atoms with E-state index in [4.69, 9.17) is 25.8 Å². The van der Waals surface area contributed by atoms with Crippen molar-refractivity contribution in [2.45, 2.75) is 31.5 Å². The van der Waals surface area contributed by atoms with Crippen LogP contribution >= 0.6 is 11.6 Å². The first kappa shape index (κ1) is 13.3. The molecule has 0 aromatic rings. The molecule has 0 bridgehead atoms. The summed E-state index contributed by atoms with van der Waals surface area (Å²) >= 11 is 5.42. The van der Waals surface area contributed by atoms with Gasteiger partial charge in [-0.05, 0) is 6.92 Å². The lowest BCUT2D eigenvalue weighted by molar-refractivity contribution is -0.194. The van der Waals surface area contributed by atoms with Crippen LogP contribution in [0, 0.1) is 0 Å². The Morgan fingerprint density at radius 3 is 2.72 bits per heavy atom. The second kappa shape index (κ2) is 4.83. The molecule has 18 heavy (non-hydrogen) atoms. The molecule has 2 saturated heterocycles. The number of fused-ring (bicyclic) bond motifs is 1. The van der Waals surface area contributed by atoms with E-state index in [1.807, 2.05) is 0 Å². The van der Waals surface area contributed by atoms with Gasteiger partial charge in [0, 0.05) is 7.11 Å². The van der Waals surface area contributed by atoms with Crippen LogP contribution in [0.4, 0.5) is 4.79 Å². The Morgan fingerprint density at radius 2 is 2.17 bits per heavy atom. The number of nitrogens with zero attached hydrogens (tertiary/aromatic N) is 1. The molecule has 2 aliphatic heterocycles. The molecule has 2 amide bonds. The van der Waals surface area contributed by atoms with Crippen LogP contribution in [0.5, 0.6) is 0 Å². The van der Waals surface area contributed by atoms with E-state index in [0.29, 0.717) is 0 Å². The highest BCUT2D eigenvalue weighted by Gasteiger charge is 2.56. The molecule has 4 atom stereocenters. The molecule has 4 unspecified atom stereocenters. The number of ketones is 1. The van der Waals surface area contributed by atoms with Crippen LogP contribution in [0.1, 0.15) is 6.92 Å². The molecule has 0 saturated carbocycles. The normalized spacial score (nSPS) is 35.4. The molecule has 0 N–H and O–H groups in total. The van der Waals surface area contributed by atoms with Crippen molar-refractivity contribution in [3.05, 3.63) is 0 Å². The summed E-state index contributed by atoms with van der Waals surface area (Å²) < 4.78 is 15.2. The lowest BCUT2D eigenvalue weighted by Crippen LogP contribution is -2.59. The number of alkyl halides is 1. The molecule has 0 aromatic carbocycles. The number of Topliss-reactive ketones (excluding diaryl/α,β-unsaturated/α-hetero) is 1. The average Bonchev–Trinajstić information content (AvgIpc) is 2.66. The van der Waals surface area contributed by atoms with E-state index in [1.165, 1.54) is 14.0 Å². The van der Waals surface area contributed by atoms with Gasteiger partial charge in [0.15, 0.2) is 5.78 Å². The van der Waals surface area contributed by atoms with E-state index in [-0.39, 0.29) is 5.78 Å². The fraction of sp³-hybridized carbons (Fsp3) is 0.700. The van der Waals surface area contributed by atoms with Gasteiger partial charge in [-0.1, -0.05) is 0 Å². The van der Waals surface area contributed by atoms with Crippen molar-refractivity contribution < 1.29 is 28.6 Å². The van der Waals surface area contributed by atoms with Crippen molar-refractivity contribution in [2.24, 2.45) is 0 Å². The van der Waals surface area contributed by atoms with Crippen LogP contribution in [-0.4, -0.2) is 60.2 Å². The van der Waals surface area contributed by atoms with Crippen LogP contribution < -0.4 is 0 Å². The Morgan fingerprint density at radius 1 is 1.50 bits per heavy atom. The molecule has 0 spiro atoms. The second-order valence-electron chi connectivity index (χ2n) is 3.98. The molecule has 2 aliphatic rings. The van der Waals surface area contributed by atoms with Crippen LogP contribution in [0.3, 0.4) is 0 Å². The standard InChI is InChI=1S/C10H12ClNO6/c1-4-7(14)8(16-2)6-9(17-4)18-10(15)12(6)5(13)3-11/h4,6,8-9H,3H2,1-2H3. The maximum absolute atomic E-state index is 11.9. The summed E-state index contributed by atoms with van der Waals surface area (Å²) in [7, 11) is 1.32. The number of carbonyl (C=O) groups is 3. The zero-order valence-corrected chi connectivity index (χ0v) is 10.5. The Balaban J connectivity index is 2.33. The number of rotatable bonds is 2. The van der Waals surface area contributed by atoms with Gasteiger partial charge in [0.05, 0.1) is 0 Å². The van der Waals surface area contributed by atoms with E-state index in [9.17, 15) is 14.4 Å². The van der Waals surface area contributed by atoms with E-state index in [1.54, 1.807) is 0 Å². The van der Waals surface area contributed by atoms with Crippen LogP contribution in [0.2, 0.25) is 0 Å². The van der Waals surface area contributed by atoms with Crippen molar-refractivity contribution in [3.8, 4) is 0 Å². The van der Waals surface area contributed by atoms with E-state index in [0.717, 1.165) is 4.90 Å². The average molecular weight is 278 g/mol. The minimum Gasteiger partial charge on any atom is -0.417 e. The summed E-state index contributed by atoms with van der Waals surface area (Å²) in [5.74, 6) is -1.38. The number of amides is 2. The van der Waals surface area contributed by atoms with Gasteiger partial charge in [-0.3, -0.25) is 9.59 Å². The van der Waals surface area contributed by atoms with Crippen molar-refractivity contribution in [1.29, 1.82) is 0 Å². The van der Waals surface area contributed by atoms with Crippen LogP contribution in [0.15, 0.2) is 0 Å². The smallest absolute Gasteiger partial charge is 0.417 e. The second-order valence-corrected chi connectivity index (χ2v) is 4.24. The predicted octanol–water partition coefficient (Wildman–Crippen LogP) is -0.0985. The van der Waals surface area contributed by atoms with Gasteiger partial charge in [0.1, 0.15) is 24.1 Å². The monoisotopic (exact) mass is 277 g/mol. The quantitative estimate of drug-likeness (QED) is 0.656. The van der Waals surface area contributed by atoms with Crippen molar-refractivity contribution in [3.63, 3.8) is 0 Å². The molecular formula is C10H12ClNO6. The third kappa shape index (κ3) is 1.88. The number of methoxy groups -OCH3 is 1. The molecule has 2 heterocycles.